The monoisotopic (exact) mass is 376 g/mol. The van der Waals surface area contributed by atoms with Crippen LogP contribution in [0.2, 0.25) is 4.82 Å². The Kier molecular flexibility index (Phi) is 5.64. The molecule has 1 saturated carbocycles. The van der Waals surface area contributed by atoms with E-state index in [-0.39, 0.29) is 11.6 Å². The number of ketones is 1. The number of hydrogen-bond acceptors (Lipinski definition) is 1. The van der Waals surface area contributed by atoms with Gasteiger partial charge in [-0.05, 0) is 0 Å². The van der Waals surface area contributed by atoms with Crippen LogP contribution in [0, 0.1) is 5.82 Å². The predicted molar refractivity (Wildman–Crippen MR) is 92.5 cm³/mol. The summed E-state index contributed by atoms with van der Waals surface area (Å²) in [5, 5.41) is 0. The molecular weight excluding hydrogens is 354 g/mol. The molecule has 1 aliphatic carbocycles. The van der Waals surface area contributed by atoms with Crippen molar-refractivity contribution in [1.29, 1.82) is 0 Å². The van der Waals surface area contributed by atoms with E-state index in [1.54, 1.807) is 12.1 Å². The van der Waals surface area contributed by atoms with Crippen LogP contribution in [0.25, 0.3) is 0 Å². The van der Waals surface area contributed by atoms with Crippen molar-refractivity contribution in [2.75, 3.05) is 0 Å². The minimum atomic E-state index is -0.295. The molecular formula is C20H21FOSe. The van der Waals surface area contributed by atoms with E-state index in [1.807, 2.05) is 6.07 Å². The van der Waals surface area contributed by atoms with E-state index in [0.29, 0.717) is 31.8 Å². The SMILES string of the molecule is O=C(CC([Se]C1CCCC1)c1ccccc1)c1ccc(F)cc1. The van der Waals surface area contributed by atoms with Crippen LogP contribution in [-0.4, -0.2) is 20.7 Å². The second-order valence-electron chi connectivity index (χ2n) is 6.08. The Bertz CT molecular complexity index is 632. The molecule has 2 aromatic carbocycles. The zero-order chi connectivity index (χ0) is 16.1. The van der Waals surface area contributed by atoms with Crippen molar-refractivity contribution in [3.8, 4) is 0 Å². The van der Waals surface area contributed by atoms with E-state index in [2.05, 4.69) is 24.3 Å². The van der Waals surface area contributed by atoms with Gasteiger partial charge >= 0.3 is 143 Å². The summed E-state index contributed by atoms with van der Waals surface area (Å²) in [6.07, 6.45) is 5.83. The summed E-state index contributed by atoms with van der Waals surface area (Å²) in [6.45, 7) is 0. The number of carbonyl (C=O) groups excluding carboxylic acids is 1. The van der Waals surface area contributed by atoms with Gasteiger partial charge in [-0.1, -0.05) is 0 Å². The van der Waals surface area contributed by atoms with E-state index in [1.165, 1.54) is 43.4 Å². The Morgan fingerprint density at radius 1 is 1.04 bits per heavy atom. The zero-order valence-corrected chi connectivity index (χ0v) is 14.8. The van der Waals surface area contributed by atoms with Gasteiger partial charge in [0, 0.05) is 0 Å². The van der Waals surface area contributed by atoms with E-state index in [4.69, 9.17) is 0 Å². The van der Waals surface area contributed by atoms with Crippen LogP contribution in [0.5, 0.6) is 0 Å². The first kappa shape index (κ1) is 16.4. The molecule has 0 bridgehead atoms. The van der Waals surface area contributed by atoms with Gasteiger partial charge in [-0.25, -0.2) is 0 Å². The van der Waals surface area contributed by atoms with E-state index >= 15 is 0 Å². The van der Waals surface area contributed by atoms with Crippen molar-refractivity contribution >= 4 is 20.7 Å². The first-order chi connectivity index (χ1) is 11.2. The van der Waals surface area contributed by atoms with Gasteiger partial charge in [0.15, 0.2) is 0 Å². The summed E-state index contributed by atoms with van der Waals surface area (Å²) in [7, 11) is 0. The van der Waals surface area contributed by atoms with Crippen LogP contribution in [0.3, 0.4) is 0 Å². The average Bonchev–Trinajstić information content (AvgIpc) is 3.09. The second kappa shape index (κ2) is 7.90. The van der Waals surface area contributed by atoms with Crippen molar-refractivity contribution in [2.45, 2.75) is 41.7 Å². The van der Waals surface area contributed by atoms with Gasteiger partial charge in [-0.15, -0.1) is 0 Å². The first-order valence-electron chi connectivity index (χ1n) is 8.21. The molecule has 3 rings (SSSR count). The van der Waals surface area contributed by atoms with Gasteiger partial charge in [-0.2, -0.15) is 0 Å². The van der Waals surface area contributed by atoms with Crippen LogP contribution in [0.4, 0.5) is 4.39 Å². The minimum absolute atomic E-state index is 0.124. The third-order valence-electron chi connectivity index (χ3n) is 4.37. The maximum absolute atomic E-state index is 13.0. The van der Waals surface area contributed by atoms with Crippen molar-refractivity contribution in [3.63, 3.8) is 0 Å². The fraction of sp³-hybridized carbons (Fsp3) is 0.350. The number of carbonyl (C=O) groups is 1. The molecule has 0 aliphatic heterocycles. The number of benzene rings is 2. The first-order valence-corrected chi connectivity index (χ1v) is 10.2. The van der Waals surface area contributed by atoms with Gasteiger partial charge in [0.25, 0.3) is 0 Å². The summed E-state index contributed by atoms with van der Waals surface area (Å²) in [5.74, 6) is -0.171. The summed E-state index contributed by atoms with van der Waals surface area (Å²) >= 11 is 0.438. The molecule has 2 aromatic rings. The number of halogens is 1. The van der Waals surface area contributed by atoms with Crippen LogP contribution < -0.4 is 0 Å². The molecule has 0 radical (unpaired) electrons. The molecule has 0 saturated heterocycles. The fourth-order valence-electron chi connectivity index (χ4n) is 3.09. The summed E-state index contributed by atoms with van der Waals surface area (Å²) in [4.78, 5) is 13.7. The molecule has 0 amide bonds. The topological polar surface area (TPSA) is 17.1 Å². The van der Waals surface area contributed by atoms with Crippen LogP contribution >= 0.6 is 0 Å². The summed E-state index contributed by atoms with van der Waals surface area (Å²) in [6, 6.07) is 16.3. The van der Waals surface area contributed by atoms with Gasteiger partial charge in [0.1, 0.15) is 0 Å². The molecule has 1 nitrogen and oxygen atoms in total. The van der Waals surface area contributed by atoms with Gasteiger partial charge in [0.2, 0.25) is 0 Å². The molecule has 23 heavy (non-hydrogen) atoms. The number of Topliss-reactive ketones (excluding diaryl/α,β-unsaturated/α-hetero) is 1. The third-order valence-corrected chi connectivity index (χ3v) is 7.77. The Morgan fingerprint density at radius 3 is 2.35 bits per heavy atom. The Labute approximate surface area is 143 Å². The van der Waals surface area contributed by atoms with E-state index < -0.39 is 0 Å². The molecule has 1 fully saturated rings. The maximum atomic E-state index is 13.0. The molecule has 0 aromatic heterocycles. The molecule has 1 atom stereocenters. The average molecular weight is 375 g/mol. The van der Waals surface area contributed by atoms with Crippen molar-refractivity contribution in [2.24, 2.45) is 0 Å². The molecule has 0 spiro atoms. The summed E-state index contributed by atoms with van der Waals surface area (Å²) in [5.41, 5.74) is 1.89. The molecule has 0 N–H and O–H groups in total. The fourth-order valence-corrected chi connectivity index (χ4v) is 6.52. The Hall–Kier alpha value is -1.44. The van der Waals surface area contributed by atoms with E-state index in [0.717, 1.165) is 4.82 Å². The molecule has 1 unspecified atom stereocenters. The van der Waals surface area contributed by atoms with Crippen LogP contribution in [0.1, 0.15) is 52.8 Å². The Morgan fingerprint density at radius 2 is 1.70 bits per heavy atom. The van der Waals surface area contributed by atoms with Crippen LogP contribution in [-0.2, 0) is 0 Å². The molecule has 1 aliphatic rings. The number of hydrogen-bond donors (Lipinski definition) is 0. The van der Waals surface area contributed by atoms with E-state index in [9.17, 15) is 9.18 Å². The van der Waals surface area contributed by atoms with Gasteiger partial charge < -0.3 is 0 Å². The van der Waals surface area contributed by atoms with Gasteiger partial charge in [-0.3, -0.25) is 0 Å². The summed E-state index contributed by atoms with van der Waals surface area (Å²) < 4.78 is 13.0. The normalized spacial score (nSPS) is 16.4. The second-order valence-corrected chi connectivity index (χ2v) is 9.24. The number of rotatable bonds is 6. The predicted octanol–water partition coefficient (Wildman–Crippen LogP) is 5.21. The zero-order valence-electron chi connectivity index (χ0n) is 13.1. The standard InChI is InChI=1S/C20H21FOSe/c21-17-12-10-15(11-13-17)19(22)14-20(16-6-2-1-3-7-16)23-18-8-4-5-9-18/h1-3,6-7,10-13,18,20H,4-5,8-9,14H2. The quantitative estimate of drug-likeness (QED) is 0.501. The van der Waals surface area contributed by atoms with Crippen molar-refractivity contribution in [1.82, 2.24) is 0 Å². The van der Waals surface area contributed by atoms with Crippen molar-refractivity contribution < 1.29 is 9.18 Å². The third kappa shape index (κ3) is 4.53. The molecule has 3 heteroatoms. The molecule has 0 heterocycles. The van der Waals surface area contributed by atoms with Crippen LogP contribution in [0.15, 0.2) is 54.6 Å². The van der Waals surface area contributed by atoms with Gasteiger partial charge in [0.05, 0.1) is 0 Å². The molecule has 120 valence electrons. The van der Waals surface area contributed by atoms with Crippen molar-refractivity contribution in [3.05, 3.63) is 71.5 Å². The Balaban J connectivity index is 1.74.